The van der Waals surface area contributed by atoms with Gasteiger partial charge in [0.05, 0.1) is 11.3 Å². The number of para-hydroxylation sites is 1. The van der Waals surface area contributed by atoms with Crippen LogP contribution in [0.3, 0.4) is 0 Å². The molecule has 0 aromatic heterocycles. The van der Waals surface area contributed by atoms with Crippen molar-refractivity contribution in [3.8, 4) is 17.6 Å². The maximum Gasteiger partial charge on any atom is 0.151 e. The molecule has 0 radical (unpaired) electrons. The monoisotopic (exact) mass is 280 g/mol. The fourth-order valence-corrected chi connectivity index (χ4v) is 2.17. The van der Waals surface area contributed by atoms with Crippen molar-refractivity contribution in [2.24, 2.45) is 0 Å². The second-order valence-electron chi connectivity index (χ2n) is 6.18. The van der Waals surface area contributed by atoms with E-state index in [1.165, 1.54) is 5.56 Å². The fraction of sp³-hybridized carbons (Fsp3) is 0.278. The molecule has 3 nitrogen and oxygen atoms in total. The summed E-state index contributed by atoms with van der Waals surface area (Å²) in [4.78, 5) is 0. The Bertz CT molecular complexity index is 706. The summed E-state index contributed by atoms with van der Waals surface area (Å²) in [5, 5.41) is 9.04. The van der Waals surface area contributed by atoms with Crippen LogP contribution < -0.4 is 10.5 Å². The van der Waals surface area contributed by atoms with E-state index in [0.29, 0.717) is 17.0 Å². The molecule has 0 heterocycles. The minimum atomic E-state index is -0.0387. The Hall–Kier alpha value is -2.47. The summed E-state index contributed by atoms with van der Waals surface area (Å²) >= 11 is 0. The number of hydrogen-bond acceptors (Lipinski definition) is 3. The molecule has 0 saturated heterocycles. The summed E-state index contributed by atoms with van der Waals surface area (Å²) in [6.45, 7) is 8.49. The van der Waals surface area contributed by atoms with Crippen LogP contribution in [0.25, 0.3) is 0 Å². The van der Waals surface area contributed by atoms with Crippen LogP contribution >= 0.6 is 0 Å². The number of ether oxygens (including phenoxy) is 1. The maximum absolute atomic E-state index is 9.04. The summed E-state index contributed by atoms with van der Waals surface area (Å²) in [5.41, 5.74) is 9.05. The minimum absolute atomic E-state index is 0.0387. The first-order valence-electron chi connectivity index (χ1n) is 6.90. The Morgan fingerprint density at radius 2 is 1.81 bits per heavy atom. The second-order valence-corrected chi connectivity index (χ2v) is 6.18. The second kappa shape index (κ2) is 5.49. The first kappa shape index (κ1) is 14.9. The molecular weight excluding hydrogens is 260 g/mol. The molecule has 108 valence electrons. The largest absolute Gasteiger partial charge is 0.455 e. The summed E-state index contributed by atoms with van der Waals surface area (Å²) in [7, 11) is 0. The van der Waals surface area contributed by atoms with Crippen LogP contribution in [-0.2, 0) is 5.41 Å². The lowest BCUT2D eigenvalue weighted by Gasteiger charge is -2.23. The number of nitrogens with two attached hydrogens (primary N) is 1. The molecule has 0 atom stereocenters. The molecule has 2 rings (SSSR count). The molecule has 21 heavy (non-hydrogen) atoms. The van der Waals surface area contributed by atoms with Crippen molar-refractivity contribution in [3.05, 3.63) is 53.1 Å². The van der Waals surface area contributed by atoms with Crippen molar-refractivity contribution in [3.63, 3.8) is 0 Å². The lowest BCUT2D eigenvalue weighted by molar-refractivity contribution is 0.457. The highest BCUT2D eigenvalue weighted by Crippen LogP contribution is 2.37. The first-order chi connectivity index (χ1) is 9.82. The van der Waals surface area contributed by atoms with E-state index in [-0.39, 0.29) is 5.41 Å². The molecule has 0 unspecified atom stereocenters. The summed E-state index contributed by atoms with van der Waals surface area (Å²) < 4.78 is 5.99. The lowest BCUT2D eigenvalue weighted by atomic mass is 9.85. The van der Waals surface area contributed by atoms with Crippen molar-refractivity contribution in [2.75, 3.05) is 5.73 Å². The number of nitrogens with zero attached hydrogens (tertiary/aromatic N) is 1. The molecule has 0 spiro atoms. The van der Waals surface area contributed by atoms with Gasteiger partial charge in [-0.15, -0.1) is 0 Å². The van der Waals surface area contributed by atoms with Crippen LogP contribution in [-0.4, -0.2) is 0 Å². The zero-order valence-electron chi connectivity index (χ0n) is 12.9. The normalized spacial score (nSPS) is 11.0. The molecule has 2 aromatic carbocycles. The molecule has 0 aliphatic rings. The highest BCUT2D eigenvalue weighted by Gasteiger charge is 2.20. The quantitative estimate of drug-likeness (QED) is 0.822. The third kappa shape index (κ3) is 3.17. The molecule has 2 aromatic rings. The minimum Gasteiger partial charge on any atom is -0.455 e. The molecule has 0 aliphatic carbocycles. The Balaban J connectivity index is 2.48. The Morgan fingerprint density at radius 1 is 1.10 bits per heavy atom. The molecule has 0 aliphatic heterocycles. The van der Waals surface area contributed by atoms with Crippen molar-refractivity contribution in [1.82, 2.24) is 0 Å². The van der Waals surface area contributed by atoms with E-state index in [2.05, 4.69) is 39.8 Å². The zero-order chi connectivity index (χ0) is 15.6. The zero-order valence-corrected chi connectivity index (χ0v) is 12.9. The number of anilines is 1. The van der Waals surface area contributed by atoms with E-state index in [1.54, 1.807) is 18.2 Å². The molecule has 3 heteroatoms. The molecule has 0 saturated carbocycles. The van der Waals surface area contributed by atoms with E-state index >= 15 is 0 Å². The molecule has 0 bridgehead atoms. The van der Waals surface area contributed by atoms with Crippen molar-refractivity contribution in [2.45, 2.75) is 33.1 Å². The van der Waals surface area contributed by atoms with Gasteiger partial charge in [-0.1, -0.05) is 44.5 Å². The number of benzene rings is 2. The lowest BCUT2D eigenvalue weighted by Crippen LogP contribution is -2.13. The van der Waals surface area contributed by atoms with Crippen LogP contribution in [0.15, 0.2) is 36.4 Å². The van der Waals surface area contributed by atoms with Gasteiger partial charge in [-0.2, -0.15) is 5.26 Å². The molecule has 0 amide bonds. The maximum atomic E-state index is 9.04. The van der Waals surface area contributed by atoms with Gasteiger partial charge in [-0.25, -0.2) is 0 Å². The predicted octanol–water partition coefficient (Wildman–Crippen LogP) is 4.54. The topological polar surface area (TPSA) is 59.0 Å². The summed E-state index contributed by atoms with van der Waals surface area (Å²) in [6, 6.07) is 13.4. The third-order valence-electron chi connectivity index (χ3n) is 3.35. The number of nitrogen functional groups attached to an aromatic ring is 1. The summed E-state index contributed by atoms with van der Waals surface area (Å²) in [5.74, 6) is 1.29. The number of hydrogen-bond donors (Lipinski definition) is 1. The number of nitriles is 1. The highest BCUT2D eigenvalue weighted by molar-refractivity contribution is 5.64. The standard InChI is InChI=1S/C18H20N2O/c1-12-8-9-15(14(10-12)18(2,3)4)21-16-7-5-6-13(11-19)17(16)20/h5-10H,20H2,1-4H3. The first-order valence-corrected chi connectivity index (χ1v) is 6.90. The summed E-state index contributed by atoms with van der Waals surface area (Å²) in [6.07, 6.45) is 0. The van der Waals surface area contributed by atoms with Crippen molar-refractivity contribution < 1.29 is 4.74 Å². The SMILES string of the molecule is Cc1ccc(Oc2cccc(C#N)c2N)c(C(C)(C)C)c1. The Morgan fingerprint density at radius 3 is 2.43 bits per heavy atom. The van der Waals surface area contributed by atoms with E-state index in [0.717, 1.165) is 11.3 Å². The predicted molar refractivity (Wildman–Crippen MR) is 85.5 cm³/mol. The van der Waals surface area contributed by atoms with Crippen LogP contribution in [0.2, 0.25) is 0 Å². The van der Waals surface area contributed by atoms with Crippen molar-refractivity contribution in [1.29, 1.82) is 5.26 Å². The van der Waals surface area contributed by atoms with Gasteiger partial charge in [0.15, 0.2) is 5.75 Å². The van der Waals surface area contributed by atoms with Gasteiger partial charge in [0.25, 0.3) is 0 Å². The molecule has 2 N–H and O–H groups in total. The van der Waals surface area contributed by atoms with Crippen LogP contribution in [0.5, 0.6) is 11.5 Å². The van der Waals surface area contributed by atoms with Gasteiger partial charge >= 0.3 is 0 Å². The van der Waals surface area contributed by atoms with E-state index in [4.69, 9.17) is 15.7 Å². The van der Waals surface area contributed by atoms with Gasteiger partial charge in [-0.05, 0) is 30.5 Å². The van der Waals surface area contributed by atoms with Crippen LogP contribution in [0.1, 0.15) is 37.5 Å². The van der Waals surface area contributed by atoms with Gasteiger partial charge in [0, 0.05) is 5.56 Å². The van der Waals surface area contributed by atoms with Gasteiger partial charge in [-0.3, -0.25) is 0 Å². The molecule has 0 fully saturated rings. The van der Waals surface area contributed by atoms with Crippen LogP contribution in [0, 0.1) is 18.3 Å². The Kier molecular flexibility index (Phi) is 3.90. The van der Waals surface area contributed by atoms with E-state index in [1.807, 2.05) is 12.1 Å². The van der Waals surface area contributed by atoms with Crippen molar-refractivity contribution >= 4 is 5.69 Å². The van der Waals surface area contributed by atoms with Gasteiger partial charge in [0.1, 0.15) is 11.8 Å². The highest BCUT2D eigenvalue weighted by atomic mass is 16.5. The molecular formula is C18H20N2O. The van der Waals surface area contributed by atoms with Gasteiger partial charge < -0.3 is 10.5 Å². The number of rotatable bonds is 2. The van der Waals surface area contributed by atoms with E-state index in [9.17, 15) is 0 Å². The number of aryl methyl sites for hydroxylation is 1. The third-order valence-corrected chi connectivity index (χ3v) is 3.35. The average Bonchev–Trinajstić information content (AvgIpc) is 2.42. The van der Waals surface area contributed by atoms with Crippen LogP contribution in [0.4, 0.5) is 5.69 Å². The van der Waals surface area contributed by atoms with E-state index < -0.39 is 0 Å². The fourth-order valence-electron chi connectivity index (χ4n) is 2.17. The Labute approximate surface area is 126 Å². The van der Waals surface area contributed by atoms with Gasteiger partial charge in [0.2, 0.25) is 0 Å². The average molecular weight is 280 g/mol. The smallest absolute Gasteiger partial charge is 0.151 e.